The van der Waals surface area contributed by atoms with Crippen molar-refractivity contribution in [3.05, 3.63) is 41.5 Å². The minimum atomic E-state index is 0.587. The first-order chi connectivity index (χ1) is 5.65. The van der Waals surface area contributed by atoms with Gasteiger partial charge in [-0.1, -0.05) is 35.9 Å². The highest BCUT2D eigenvalue weighted by molar-refractivity contribution is 5.64. The molecule has 64 valence electrons. The van der Waals surface area contributed by atoms with Crippen molar-refractivity contribution in [1.29, 1.82) is 0 Å². The van der Waals surface area contributed by atoms with Crippen molar-refractivity contribution in [1.82, 2.24) is 0 Å². The van der Waals surface area contributed by atoms with Gasteiger partial charge in [-0.05, 0) is 25.0 Å². The summed E-state index contributed by atoms with van der Waals surface area (Å²) in [5.41, 5.74) is 10.3. The zero-order valence-electron chi connectivity index (χ0n) is 7.72. The molecule has 1 rings (SSSR count). The minimum absolute atomic E-state index is 0.587. The Balaban J connectivity index is 3.20. The maximum atomic E-state index is 5.62. The maximum absolute atomic E-state index is 5.62. The predicted molar refractivity (Wildman–Crippen MR) is 53.8 cm³/mol. The van der Waals surface area contributed by atoms with E-state index in [4.69, 9.17) is 5.73 Å². The van der Waals surface area contributed by atoms with Crippen molar-refractivity contribution in [3.8, 4) is 0 Å². The Morgan fingerprint density at radius 2 is 2.17 bits per heavy atom. The highest BCUT2D eigenvalue weighted by Crippen LogP contribution is 2.18. The zero-order chi connectivity index (χ0) is 9.14. The second-order valence-corrected chi connectivity index (χ2v) is 3.15. The van der Waals surface area contributed by atoms with Gasteiger partial charge in [0.25, 0.3) is 0 Å². The summed E-state index contributed by atoms with van der Waals surface area (Å²) in [5, 5.41) is 0. The Morgan fingerprint density at radius 3 is 2.67 bits per heavy atom. The lowest BCUT2D eigenvalue weighted by Gasteiger charge is -2.07. The van der Waals surface area contributed by atoms with Crippen LogP contribution in [0.4, 0.5) is 0 Å². The van der Waals surface area contributed by atoms with Crippen molar-refractivity contribution >= 4 is 5.57 Å². The Labute approximate surface area is 73.9 Å². The summed E-state index contributed by atoms with van der Waals surface area (Å²) in [7, 11) is 0. The largest absolute Gasteiger partial charge is 0.326 e. The van der Waals surface area contributed by atoms with Crippen LogP contribution in [0.1, 0.15) is 23.6 Å². The van der Waals surface area contributed by atoms with Crippen LogP contribution in [0.3, 0.4) is 0 Å². The molecule has 12 heavy (non-hydrogen) atoms. The van der Waals surface area contributed by atoms with Gasteiger partial charge in [0.2, 0.25) is 0 Å². The molecule has 0 amide bonds. The smallest absolute Gasteiger partial charge is 0.0184 e. The molecule has 0 aliphatic rings. The van der Waals surface area contributed by atoms with Crippen molar-refractivity contribution < 1.29 is 0 Å². The van der Waals surface area contributed by atoms with Gasteiger partial charge in [0.1, 0.15) is 0 Å². The summed E-state index contributed by atoms with van der Waals surface area (Å²) in [5.74, 6) is 0. The Hall–Kier alpha value is -1.08. The first-order valence-corrected chi connectivity index (χ1v) is 4.10. The summed E-state index contributed by atoms with van der Waals surface area (Å²) >= 11 is 0. The van der Waals surface area contributed by atoms with Crippen molar-refractivity contribution in [3.63, 3.8) is 0 Å². The van der Waals surface area contributed by atoms with Crippen LogP contribution in [-0.4, -0.2) is 0 Å². The molecule has 1 nitrogen and oxygen atoms in total. The van der Waals surface area contributed by atoms with E-state index < -0.39 is 0 Å². The van der Waals surface area contributed by atoms with Gasteiger partial charge in [-0.15, -0.1) is 0 Å². The number of aryl methyl sites for hydroxylation is 1. The van der Waals surface area contributed by atoms with Crippen LogP contribution in [0.15, 0.2) is 24.8 Å². The predicted octanol–water partition coefficient (Wildman–Crippen LogP) is 2.49. The zero-order valence-corrected chi connectivity index (χ0v) is 7.72. The number of benzene rings is 1. The average Bonchev–Trinajstić information content (AvgIpc) is 2.03. The first kappa shape index (κ1) is 9.01. The van der Waals surface area contributed by atoms with Crippen LogP contribution in [0.2, 0.25) is 0 Å². The number of hydrogen-bond acceptors (Lipinski definition) is 1. The summed E-state index contributed by atoms with van der Waals surface area (Å²) in [6, 6.07) is 6.28. The normalized spacial score (nSPS) is 9.92. The lowest BCUT2D eigenvalue weighted by Crippen LogP contribution is -2.00. The molecule has 0 bridgehead atoms. The summed E-state index contributed by atoms with van der Waals surface area (Å²) in [4.78, 5) is 0. The molecule has 1 aromatic carbocycles. The SMILES string of the molecule is C=C(C)c1ccc(C)cc1CN. The van der Waals surface area contributed by atoms with E-state index in [0.29, 0.717) is 6.54 Å². The van der Waals surface area contributed by atoms with Gasteiger partial charge in [-0.25, -0.2) is 0 Å². The summed E-state index contributed by atoms with van der Waals surface area (Å²) < 4.78 is 0. The Kier molecular flexibility index (Phi) is 2.66. The molecule has 0 saturated heterocycles. The van der Waals surface area contributed by atoms with Gasteiger partial charge in [-0.3, -0.25) is 0 Å². The first-order valence-electron chi connectivity index (χ1n) is 4.10. The fourth-order valence-electron chi connectivity index (χ4n) is 1.31. The summed E-state index contributed by atoms with van der Waals surface area (Å²) in [6.07, 6.45) is 0. The molecule has 0 aliphatic heterocycles. The molecule has 0 aliphatic carbocycles. The van der Waals surface area contributed by atoms with Crippen LogP contribution in [-0.2, 0) is 6.54 Å². The molecule has 2 N–H and O–H groups in total. The molecule has 0 radical (unpaired) electrons. The Morgan fingerprint density at radius 1 is 1.50 bits per heavy atom. The fourth-order valence-corrected chi connectivity index (χ4v) is 1.31. The van der Waals surface area contributed by atoms with E-state index in [9.17, 15) is 0 Å². The van der Waals surface area contributed by atoms with Gasteiger partial charge in [0.15, 0.2) is 0 Å². The molecule has 0 aromatic heterocycles. The van der Waals surface area contributed by atoms with E-state index in [1.54, 1.807) is 0 Å². The van der Waals surface area contributed by atoms with Gasteiger partial charge >= 0.3 is 0 Å². The lowest BCUT2D eigenvalue weighted by atomic mass is 10.00. The van der Waals surface area contributed by atoms with E-state index in [-0.39, 0.29) is 0 Å². The monoisotopic (exact) mass is 161 g/mol. The van der Waals surface area contributed by atoms with Crippen LogP contribution in [0.25, 0.3) is 5.57 Å². The average molecular weight is 161 g/mol. The fraction of sp³-hybridized carbons (Fsp3) is 0.273. The number of allylic oxidation sites excluding steroid dienone is 1. The highest BCUT2D eigenvalue weighted by atomic mass is 14.5. The molecule has 0 heterocycles. The van der Waals surface area contributed by atoms with Gasteiger partial charge in [0, 0.05) is 6.54 Å². The number of nitrogens with two attached hydrogens (primary N) is 1. The molecular weight excluding hydrogens is 146 g/mol. The summed E-state index contributed by atoms with van der Waals surface area (Å²) in [6.45, 7) is 8.57. The number of hydrogen-bond donors (Lipinski definition) is 1. The highest BCUT2D eigenvalue weighted by Gasteiger charge is 2.00. The van der Waals surface area contributed by atoms with E-state index in [1.807, 2.05) is 6.92 Å². The second-order valence-electron chi connectivity index (χ2n) is 3.15. The Bertz CT molecular complexity index is 300. The van der Waals surface area contributed by atoms with E-state index in [1.165, 1.54) is 16.7 Å². The van der Waals surface area contributed by atoms with Crippen LogP contribution < -0.4 is 5.73 Å². The quantitative estimate of drug-likeness (QED) is 0.708. The standard InChI is InChI=1S/C11H15N/c1-8(2)11-5-4-9(3)6-10(11)7-12/h4-6H,1,7,12H2,2-3H3. The third-order valence-corrected chi connectivity index (χ3v) is 1.94. The molecule has 0 spiro atoms. The minimum Gasteiger partial charge on any atom is -0.326 e. The second kappa shape index (κ2) is 3.55. The topological polar surface area (TPSA) is 26.0 Å². The third-order valence-electron chi connectivity index (χ3n) is 1.94. The van der Waals surface area contributed by atoms with Crippen LogP contribution in [0.5, 0.6) is 0 Å². The van der Waals surface area contributed by atoms with Crippen molar-refractivity contribution in [2.24, 2.45) is 5.73 Å². The molecule has 0 atom stereocenters. The lowest BCUT2D eigenvalue weighted by molar-refractivity contribution is 1.06. The number of rotatable bonds is 2. The van der Waals surface area contributed by atoms with Gasteiger partial charge in [-0.2, -0.15) is 0 Å². The van der Waals surface area contributed by atoms with E-state index in [0.717, 1.165) is 5.57 Å². The van der Waals surface area contributed by atoms with E-state index in [2.05, 4.69) is 31.7 Å². The molecule has 0 fully saturated rings. The molecule has 1 heteroatoms. The van der Waals surface area contributed by atoms with Crippen LogP contribution in [0, 0.1) is 6.92 Å². The van der Waals surface area contributed by atoms with Crippen molar-refractivity contribution in [2.45, 2.75) is 20.4 Å². The van der Waals surface area contributed by atoms with Crippen LogP contribution >= 0.6 is 0 Å². The molecule has 1 aromatic rings. The van der Waals surface area contributed by atoms with Crippen molar-refractivity contribution in [2.75, 3.05) is 0 Å². The molecular formula is C11H15N. The van der Waals surface area contributed by atoms with Gasteiger partial charge in [0.05, 0.1) is 0 Å². The van der Waals surface area contributed by atoms with Gasteiger partial charge < -0.3 is 5.73 Å². The molecule has 0 saturated carbocycles. The van der Waals surface area contributed by atoms with E-state index >= 15 is 0 Å². The molecule has 0 unspecified atom stereocenters. The third kappa shape index (κ3) is 1.74. The maximum Gasteiger partial charge on any atom is 0.0184 e.